The number of nitro groups is 1. The summed E-state index contributed by atoms with van der Waals surface area (Å²) in [7, 11) is 0. The van der Waals surface area contributed by atoms with E-state index in [1.54, 1.807) is 30.4 Å². The molecule has 0 saturated heterocycles. The summed E-state index contributed by atoms with van der Waals surface area (Å²) < 4.78 is 0. The molecule has 0 heterocycles. The third kappa shape index (κ3) is 4.39. The Morgan fingerprint density at radius 2 is 2.16 bits per heavy atom. The Bertz CT molecular complexity index is 533. The fourth-order valence-electron chi connectivity index (χ4n) is 1.55. The second-order valence-electron chi connectivity index (χ2n) is 3.83. The van der Waals surface area contributed by atoms with Crippen molar-refractivity contribution < 1.29 is 9.72 Å². The van der Waals surface area contributed by atoms with Crippen LogP contribution in [0.1, 0.15) is 19.4 Å². The Balaban J connectivity index is 2.88. The summed E-state index contributed by atoms with van der Waals surface area (Å²) in [5.41, 5.74) is 1.09. The average Bonchev–Trinajstić information content (AvgIpc) is 2.39. The Hall–Kier alpha value is -2.43. The number of aryl methyl sites for hydroxylation is 1. The van der Waals surface area contributed by atoms with Crippen molar-refractivity contribution in [2.45, 2.75) is 20.3 Å². The van der Waals surface area contributed by atoms with Gasteiger partial charge in [-0.25, -0.2) is 0 Å². The molecule has 0 saturated carbocycles. The third-order valence-electron chi connectivity index (χ3n) is 2.48. The van der Waals surface area contributed by atoms with Crippen LogP contribution >= 0.6 is 0 Å². The van der Waals surface area contributed by atoms with Gasteiger partial charge in [-0.3, -0.25) is 14.9 Å². The molecule has 0 unspecified atom stereocenters. The van der Waals surface area contributed by atoms with Crippen LogP contribution in [0.4, 0.5) is 11.4 Å². The normalized spacial score (nSPS) is 11.1. The predicted octanol–water partition coefficient (Wildman–Crippen LogP) is 3.23. The van der Waals surface area contributed by atoms with Crippen molar-refractivity contribution in [2.24, 2.45) is 0 Å². The van der Waals surface area contributed by atoms with E-state index in [2.05, 4.69) is 5.32 Å². The molecule has 0 spiro atoms. The van der Waals surface area contributed by atoms with Gasteiger partial charge in [-0.15, -0.1) is 0 Å². The molecule has 1 N–H and O–H groups in total. The number of rotatable bonds is 5. The Labute approximate surface area is 111 Å². The molecule has 0 aromatic heterocycles. The Morgan fingerprint density at radius 3 is 2.74 bits per heavy atom. The molecule has 0 bridgehead atoms. The van der Waals surface area contributed by atoms with E-state index >= 15 is 0 Å². The number of carbonyl (C=O) groups excluding carboxylic acids is 1. The van der Waals surface area contributed by atoms with Crippen molar-refractivity contribution >= 4 is 17.3 Å². The predicted molar refractivity (Wildman–Crippen MR) is 75.1 cm³/mol. The minimum absolute atomic E-state index is 0.0257. The molecule has 19 heavy (non-hydrogen) atoms. The van der Waals surface area contributed by atoms with Crippen LogP contribution in [0.15, 0.2) is 42.5 Å². The molecular formula is C14H16N2O3. The lowest BCUT2D eigenvalue weighted by Crippen LogP contribution is -2.08. The summed E-state index contributed by atoms with van der Waals surface area (Å²) in [6.45, 7) is 3.69. The Morgan fingerprint density at radius 1 is 1.42 bits per heavy atom. The second kappa shape index (κ2) is 7.10. The van der Waals surface area contributed by atoms with Crippen molar-refractivity contribution in [3.8, 4) is 0 Å². The topological polar surface area (TPSA) is 72.2 Å². The first-order valence-corrected chi connectivity index (χ1v) is 5.96. The smallest absolute Gasteiger partial charge is 0.274 e. The molecule has 1 amide bonds. The first kappa shape index (κ1) is 14.6. The van der Waals surface area contributed by atoms with E-state index in [4.69, 9.17) is 0 Å². The lowest BCUT2D eigenvalue weighted by Gasteiger charge is -2.04. The lowest BCUT2D eigenvalue weighted by atomic mass is 10.1. The summed E-state index contributed by atoms with van der Waals surface area (Å²) in [6, 6.07) is 4.69. The standard InChI is InChI=1S/C14H16N2O3/c1-3-5-6-7-14(17)15-12-9-8-11(4-2)13(10-12)16(18)19/h3,5-10H,4H2,1-2H3,(H,15,17). The molecule has 100 valence electrons. The van der Waals surface area contributed by atoms with Crippen molar-refractivity contribution in [1.82, 2.24) is 0 Å². The van der Waals surface area contributed by atoms with E-state index in [1.807, 2.05) is 13.8 Å². The van der Waals surface area contributed by atoms with Crippen LogP contribution in [0.3, 0.4) is 0 Å². The van der Waals surface area contributed by atoms with Crippen LogP contribution < -0.4 is 5.32 Å². The maximum absolute atomic E-state index is 11.5. The van der Waals surface area contributed by atoms with Gasteiger partial charge in [0.25, 0.3) is 5.69 Å². The zero-order valence-electron chi connectivity index (χ0n) is 10.9. The quantitative estimate of drug-likeness (QED) is 0.382. The number of carbonyl (C=O) groups is 1. The second-order valence-corrected chi connectivity index (χ2v) is 3.83. The SMILES string of the molecule is CC=CC=CC(=O)Nc1ccc(CC)c([N+](=O)[O-])c1. The van der Waals surface area contributed by atoms with Crippen molar-refractivity contribution in [2.75, 3.05) is 5.32 Å². The first-order valence-electron chi connectivity index (χ1n) is 5.96. The highest BCUT2D eigenvalue weighted by Gasteiger charge is 2.13. The van der Waals surface area contributed by atoms with Gasteiger partial charge in [0.1, 0.15) is 0 Å². The van der Waals surface area contributed by atoms with Crippen molar-refractivity contribution in [1.29, 1.82) is 0 Å². The van der Waals surface area contributed by atoms with Gasteiger partial charge < -0.3 is 5.32 Å². The molecule has 1 aromatic rings. The zero-order chi connectivity index (χ0) is 14.3. The minimum atomic E-state index is -0.440. The molecule has 5 heteroatoms. The van der Waals surface area contributed by atoms with E-state index in [0.29, 0.717) is 17.7 Å². The monoisotopic (exact) mass is 260 g/mol. The molecule has 0 aliphatic heterocycles. The molecule has 1 aromatic carbocycles. The summed E-state index contributed by atoms with van der Waals surface area (Å²) in [6.07, 6.45) is 7.06. The summed E-state index contributed by atoms with van der Waals surface area (Å²) >= 11 is 0. The van der Waals surface area contributed by atoms with Gasteiger partial charge in [0, 0.05) is 23.4 Å². The lowest BCUT2D eigenvalue weighted by molar-refractivity contribution is -0.385. The molecule has 5 nitrogen and oxygen atoms in total. The van der Waals surface area contributed by atoms with Gasteiger partial charge in [0.2, 0.25) is 5.91 Å². The maximum Gasteiger partial charge on any atom is 0.274 e. The highest BCUT2D eigenvalue weighted by molar-refractivity contribution is 5.99. The average molecular weight is 260 g/mol. The number of allylic oxidation sites excluding steroid dienone is 3. The third-order valence-corrected chi connectivity index (χ3v) is 2.48. The van der Waals surface area contributed by atoms with Gasteiger partial charge in [0.05, 0.1) is 4.92 Å². The van der Waals surface area contributed by atoms with E-state index in [-0.39, 0.29) is 11.6 Å². The Kier molecular flexibility index (Phi) is 5.47. The number of benzene rings is 1. The number of amides is 1. The highest BCUT2D eigenvalue weighted by atomic mass is 16.6. The zero-order valence-corrected chi connectivity index (χ0v) is 10.9. The largest absolute Gasteiger partial charge is 0.322 e. The van der Waals surface area contributed by atoms with Gasteiger partial charge >= 0.3 is 0 Å². The molecule has 0 aliphatic carbocycles. The van der Waals surface area contributed by atoms with Crippen LogP contribution in [0.25, 0.3) is 0 Å². The van der Waals surface area contributed by atoms with Gasteiger partial charge in [-0.1, -0.05) is 31.2 Å². The number of anilines is 1. The highest BCUT2D eigenvalue weighted by Crippen LogP contribution is 2.23. The van der Waals surface area contributed by atoms with Crippen LogP contribution in [0.5, 0.6) is 0 Å². The molecular weight excluding hydrogens is 244 g/mol. The summed E-state index contributed by atoms with van der Waals surface area (Å²) in [5.74, 6) is -0.323. The van der Waals surface area contributed by atoms with E-state index in [9.17, 15) is 14.9 Å². The number of nitro benzene ring substituents is 1. The number of nitrogens with one attached hydrogen (secondary N) is 1. The first-order chi connectivity index (χ1) is 9.08. The fourth-order valence-corrected chi connectivity index (χ4v) is 1.55. The van der Waals surface area contributed by atoms with Crippen molar-refractivity contribution in [3.05, 3.63) is 58.2 Å². The van der Waals surface area contributed by atoms with E-state index in [1.165, 1.54) is 12.1 Å². The van der Waals surface area contributed by atoms with Gasteiger partial charge in [-0.05, 0) is 19.4 Å². The van der Waals surface area contributed by atoms with Crippen LogP contribution in [0, 0.1) is 10.1 Å². The number of hydrogen-bond acceptors (Lipinski definition) is 3. The number of nitrogens with zero attached hydrogens (tertiary/aromatic N) is 1. The molecule has 1 rings (SSSR count). The van der Waals surface area contributed by atoms with Gasteiger partial charge in [0.15, 0.2) is 0 Å². The number of hydrogen-bond donors (Lipinski definition) is 1. The minimum Gasteiger partial charge on any atom is -0.322 e. The molecule has 0 atom stereocenters. The molecule has 0 aliphatic rings. The molecule has 0 fully saturated rings. The van der Waals surface area contributed by atoms with Crippen LogP contribution in [0.2, 0.25) is 0 Å². The van der Waals surface area contributed by atoms with E-state index in [0.717, 1.165) is 0 Å². The van der Waals surface area contributed by atoms with Crippen LogP contribution in [-0.4, -0.2) is 10.8 Å². The summed E-state index contributed by atoms with van der Waals surface area (Å²) in [4.78, 5) is 22.0. The summed E-state index contributed by atoms with van der Waals surface area (Å²) in [5, 5.41) is 13.5. The van der Waals surface area contributed by atoms with Crippen molar-refractivity contribution in [3.63, 3.8) is 0 Å². The van der Waals surface area contributed by atoms with Crippen LogP contribution in [-0.2, 0) is 11.2 Å². The molecule has 0 radical (unpaired) electrons. The van der Waals surface area contributed by atoms with Gasteiger partial charge in [-0.2, -0.15) is 0 Å². The fraction of sp³-hybridized carbons (Fsp3) is 0.214. The maximum atomic E-state index is 11.5. The van der Waals surface area contributed by atoms with E-state index < -0.39 is 4.92 Å².